The number of nitrogens with one attached hydrogen (secondary N) is 2. The van der Waals surface area contributed by atoms with Crippen molar-refractivity contribution in [1.82, 2.24) is 15.5 Å². The summed E-state index contributed by atoms with van der Waals surface area (Å²) in [5.41, 5.74) is 0. The Hall–Kier alpha value is -0.610. The Bertz CT molecular complexity index is 237. The molecule has 0 spiro atoms. The van der Waals surface area contributed by atoms with E-state index in [2.05, 4.69) is 22.5 Å². The Morgan fingerprint density at radius 1 is 1.33 bits per heavy atom. The molecule has 1 saturated heterocycles. The molecule has 106 valence electrons. The van der Waals surface area contributed by atoms with Gasteiger partial charge in [0.15, 0.2) is 0 Å². The van der Waals surface area contributed by atoms with Crippen LogP contribution in [0.1, 0.15) is 40.0 Å². The summed E-state index contributed by atoms with van der Waals surface area (Å²) in [6.07, 6.45) is 3.62. The summed E-state index contributed by atoms with van der Waals surface area (Å²) in [5, 5.41) is 6.40. The van der Waals surface area contributed by atoms with E-state index in [1.165, 1.54) is 19.3 Å². The molecule has 4 heteroatoms. The van der Waals surface area contributed by atoms with Crippen LogP contribution in [-0.2, 0) is 4.79 Å². The fourth-order valence-corrected chi connectivity index (χ4v) is 2.52. The quantitative estimate of drug-likeness (QED) is 0.672. The minimum absolute atomic E-state index is 0.0227. The first-order chi connectivity index (χ1) is 8.69. The summed E-state index contributed by atoms with van der Waals surface area (Å²) < 4.78 is 0. The number of hydrogen-bond acceptors (Lipinski definition) is 3. The zero-order valence-corrected chi connectivity index (χ0v) is 12.2. The summed E-state index contributed by atoms with van der Waals surface area (Å²) in [4.78, 5) is 14.1. The van der Waals surface area contributed by atoms with Gasteiger partial charge in [-0.15, -0.1) is 0 Å². The van der Waals surface area contributed by atoms with Crippen molar-refractivity contribution >= 4 is 5.91 Å². The second-order valence-electron chi connectivity index (χ2n) is 5.25. The largest absolute Gasteiger partial charge is 0.355 e. The van der Waals surface area contributed by atoms with Gasteiger partial charge >= 0.3 is 0 Å². The molecular weight excluding hydrogens is 226 g/mol. The maximum absolute atomic E-state index is 11.8. The van der Waals surface area contributed by atoms with Crippen molar-refractivity contribution in [2.45, 2.75) is 46.1 Å². The molecule has 1 heterocycles. The SMILES string of the molecule is CCCNCC1CCN(C(C)C(=O)NCC)CC1. The van der Waals surface area contributed by atoms with Gasteiger partial charge in [0.1, 0.15) is 0 Å². The van der Waals surface area contributed by atoms with Crippen LogP contribution >= 0.6 is 0 Å². The van der Waals surface area contributed by atoms with Crippen molar-refractivity contribution in [1.29, 1.82) is 0 Å². The summed E-state index contributed by atoms with van der Waals surface area (Å²) in [6, 6.07) is 0.0227. The molecule has 2 N–H and O–H groups in total. The second kappa shape index (κ2) is 8.48. The Kier molecular flexibility index (Phi) is 7.28. The molecule has 1 amide bonds. The predicted octanol–water partition coefficient (Wildman–Crippen LogP) is 1.22. The molecule has 1 atom stereocenters. The number of piperidine rings is 1. The lowest BCUT2D eigenvalue weighted by atomic mass is 9.95. The van der Waals surface area contributed by atoms with E-state index >= 15 is 0 Å². The van der Waals surface area contributed by atoms with Gasteiger partial charge in [-0.2, -0.15) is 0 Å². The van der Waals surface area contributed by atoms with Gasteiger partial charge in [-0.3, -0.25) is 9.69 Å². The van der Waals surface area contributed by atoms with E-state index in [9.17, 15) is 4.79 Å². The van der Waals surface area contributed by atoms with Gasteiger partial charge in [0.2, 0.25) is 5.91 Å². The highest BCUT2D eigenvalue weighted by atomic mass is 16.2. The van der Waals surface area contributed by atoms with Crippen LogP contribution in [0.2, 0.25) is 0 Å². The van der Waals surface area contributed by atoms with E-state index in [1.807, 2.05) is 13.8 Å². The highest BCUT2D eigenvalue weighted by Gasteiger charge is 2.25. The Labute approximate surface area is 111 Å². The van der Waals surface area contributed by atoms with E-state index in [4.69, 9.17) is 0 Å². The van der Waals surface area contributed by atoms with Crippen molar-refractivity contribution in [3.8, 4) is 0 Å². The Morgan fingerprint density at radius 3 is 2.56 bits per heavy atom. The third kappa shape index (κ3) is 4.94. The fourth-order valence-electron chi connectivity index (χ4n) is 2.52. The van der Waals surface area contributed by atoms with E-state index in [-0.39, 0.29) is 11.9 Å². The third-order valence-electron chi connectivity index (χ3n) is 3.79. The molecule has 4 nitrogen and oxygen atoms in total. The number of rotatable bonds is 7. The van der Waals surface area contributed by atoms with Crippen LogP contribution in [0.5, 0.6) is 0 Å². The predicted molar refractivity (Wildman–Crippen MR) is 75.6 cm³/mol. The number of amides is 1. The average Bonchev–Trinajstić information content (AvgIpc) is 2.39. The zero-order valence-electron chi connectivity index (χ0n) is 12.2. The van der Waals surface area contributed by atoms with Crippen LogP contribution in [0.15, 0.2) is 0 Å². The van der Waals surface area contributed by atoms with Crippen LogP contribution in [0.4, 0.5) is 0 Å². The average molecular weight is 255 g/mol. The highest BCUT2D eigenvalue weighted by molar-refractivity contribution is 5.81. The van der Waals surface area contributed by atoms with Crippen LogP contribution in [0.3, 0.4) is 0 Å². The Balaban J connectivity index is 2.23. The van der Waals surface area contributed by atoms with E-state index in [0.717, 1.165) is 38.6 Å². The smallest absolute Gasteiger partial charge is 0.237 e. The third-order valence-corrected chi connectivity index (χ3v) is 3.79. The van der Waals surface area contributed by atoms with Gasteiger partial charge in [0.05, 0.1) is 6.04 Å². The summed E-state index contributed by atoms with van der Waals surface area (Å²) in [7, 11) is 0. The fraction of sp³-hybridized carbons (Fsp3) is 0.929. The molecular formula is C14H29N3O. The van der Waals surface area contributed by atoms with Crippen LogP contribution < -0.4 is 10.6 Å². The second-order valence-corrected chi connectivity index (χ2v) is 5.25. The van der Waals surface area contributed by atoms with E-state index in [1.54, 1.807) is 0 Å². The number of nitrogens with zero attached hydrogens (tertiary/aromatic N) is 1. The molecule has 0 saturated carbocycles. The molecule has 1 fully saturated rings. The first-order valence-corrected chi connectivity index (χ1v) is 7.41. The lowest BCUT2D eigenvalue weighted by Gasteiger charge is -2.35. The highest BCUT2D eigenvalue weighted by Crippen LogP contribution is 2.18. The standard InChI is InChI=1S/C14H29N3O/c1-4-8-15-11-13-6-9-17(10-7-13)12(3)14(18)16-5-2/h12-13,15H,4-11H2,1-3H3,(H,16,18). The minimum Gasteiger partial charge on any atom is -0.355 e. The van der Waals surface area contributed by atoms with E-state index in [0.29, 0.717) is 0 Å². The molecule has 1 aliphatic rings. The maximum Gasteiger partial charge on any atom is 0.237 e. The number of likely N-dealkylation sites (N-methyl/N-ethyl adjacent to an activating group) is 1. The molecule has 1 rings (SSSR count). The van der Waals surface area contributed by atoms with Crippen molar-refractivity contribution in [3.63, 3.8) is 0 Å². The van der Waals surface area contributed by atoms with Gasteiger partial charge in [0, 0.05) is 6.54 Å². The molecule has 18 heavy (non-hydrogen) atoms. The number of carbonyl (C=O) groups excluding carboxylic acids is 1. The van der Waals surface area contributed by atoms with Crippen molar-refractivity contribution in [2.24, 2.45) is 5.92 Å². The lowest BCUT2D eigenvalue weighted by Crippen LogP contribution is -2.49. The normalized spacial score (nSPS) is 19.7. The van der Waals surface area contributed by atoms with Crippen LogP contribution in [0.25, 0.3) is 0 Å². The van der Waals surface area contributed by atoms with Crippen molar-refractivity contribution < 1.29 is 4.79 Å². The van der Waals surface area contributed by atoms with E-state index < -0.39 is 0 Å². The Morgan fingerprint density at radius 2 is 2.00 bits per heavy atom. The van der Waals surface area contributed by atoms with Crippen molar-refractivity contribution in [3.05, 3.63) is 0 Å². The molecule has 0 aromatic rings. The summed E-state index contributed by atoms with van der Waals surface area (Å²) in [6.45, 7) is 11.3. The van der Waals surface area contributed by atoms with Gasteiger partial charge in [-0.05, 0) is 65.2 Å². The zero-order chi connectivity index (χ0) is 13.4. The molecule has 0 bridgehead atoms. The van der Waals surface area contributed by atoms with Gasteiger partial charge in [-0.1, -0.05) is 6.92 Å². The maximum atomic E-state index is 11.8. The topological polar surface area (TPSA) is 44.4 Å². The summed E-state index contributed by atoms with van der Waals surface area (Å²) in [5.74, 6) is 0.953. The van der Waals surface area contributed by atoms with Gasteiger partial charge < -0.3 is 10.6 Å². The molecule has 0 aromatic heterocycles. The van der Waals surface area contributed by atoms with Crippen molar-refractivity contribution in [2.75, 3.05) is 32.7 Å². The first kappa shape index (κ1) is 15.4. The molecule has 0 aromatic carbocycles. The van der Waals surface area contributed by atoms with Gasteiger partial charge in [0.25, 0.3) is 0 Å². The molecule has 0 radical (unpaired) electrons. The number of carbonyl (C=O) groups is 1. The molecule has 1 unspecified atom stereocenters. The number of hydrogen-bond donors (Lipinski definition) is 2. The van der Waals surface area contributed by atoms with Gasteiger partial charge in [-0.25, -0.2) is 0 Å². The van der Waals surface area contributed by atoms with Crippen LogP contribution in [-0.4, -0.2) is 49.6 Å². The minimum atomic E-state index is 0.0227. The van der Waals surface area contributed by atoms with Crippen LogP contribution in [0, 0.1) is 5.92 Å². The summed E-state index contributed by atoms with van der Waals surface area (Å²) >= 11 is 0. The monoisotopic (exact) mass is 255 g/mol. The number of likely N-dealkylation sites (tertiary alicyclic amines) is 1. The molecule has 1 aliphatic heterocycles. The first-order valence-electron chi connectivity index (χ1n) is 7.41. The lowest BCUT2D eigenvalue weighted by molar-refractivity contribution is -0.126. The molecule has 0 aliphatic carbocycles.